The van der Waals surface area contributed by atoms with Crippen molar-refractivity contribution < 1.29 is 28.5 Å². The van der Waals surface area contributed by atoms with Gasteiger partial charge in [0.2, 0.25) is 0 Å². The van der Waals surface area contributed by atoms with Gasteiger partial charge in [0.1, 0.15) is 0 Å². The Morgan fingerprint density at radius 1 is 0.625 bits per heavy atom. The molecule has 0 radical (unpaired) electrons. The maximum Gasteiger partial charge on any atom is 0.306 e. The number of carbonyl (C=O) groups excluding carboxylic acids is 2. The van der Waals surface area contributed by atoms with E-state index in [2.05, 4.69) is 13.2 Å². The second-order valence-electron chi connectivity index (χ2n) is 5.14. The summed E-state index contributed by atoms with van der Waals surface area (Å²) >= 11 is 0. The molecule has 0 bridgehead atoms. The van der Waals surface area contributed by atoms with Gasteiger partial charge in [0, 0.05) is 0 Å². The van der Waals surface area contributed by atoms with Gasteiger partial charge in [-0.2, -0.15) is 0 Å². The minimum absolute atomic E-state index is 0.0611. The first-order valence-corrected chi connectivity index (χ1v) is 8.47. The van der Waals surface area contributed by atoms with Gasteiger partial charge < -0.3 is 18.9 Å². The molecular weight excluding hydrogens is 312 g/mol. The van der Waals surface area contributed by atoms with Crippen LogP contribution in [-0.2, 0) is 28.5 Å². The van der Waals surface area contributed by atoms with E-state index in [9.17, 15) is 9.59 Å². The van der Waals surface area contributed by atoms with E-state index in [1.54, 1.807) is 0 Å². The van der Waals surface area contributed by atoms with Crippen LogP contribution in [0.1, 0.15) is 51.4 Å². The van der Waals surface area contributed by atoms with Crippen molar-refractivity contribution in [2.75, 3.05) is 26.4 Å². The van der Waals surface area contributed by atoms with E-state index < -0.39 is 0 Å². The van der Waals surface area contributed by atoms with E-state index in [1.807, 2.05) is 0 Å². The molecule has 0 aliphatic heterocycles. The van der Waals surface area contributed by atoms with Crippen LogP contribution in [0, 0.1) is 0 Å². The van der Waals surface area contributed by atoms with Crippen LogP contribution in [0.15, 0.2) is 25.7 Å². The van der Waals surface area contributed by atoms with E-state index in [0.717, 1.165) is 38.5 Å². The van der Waals surface area contributed by atoms with E-state index in [-0.39, 0.29) is 24.8 Å². The topological polar surface area (TPSA) is 71.1 Å². The fourth-order valence-electron chi connectivity index (χ4n) is 1.82. The third kappa shape index (κ3) is 16.4. The maximum atomic E-state index is 11.5. The first kappa shape index (κ1) is 22.0. The highest BCUT2D eigenvalue weighted by Crippen LogP contribution is 2.02. The summed E-state index contributed by atoms with van der Waals surface area (Å²) in [6.07, 6.45) is 8.15. The Labute approximate surface area is 144 Å². The lowest BCUT2D eigenvalue weighted by atomic mass is 10.2. The monoisotopic (exact) mass is 342 g/mol. The van der Waals surface area contributed by atoms with Crippen molar-refractivity contribution in [3.05, 3.63) is 25.7 Å². The molecule has 6 nitrogen and oxygen atoms in total. The van der Waals surface area contributed by atoms with Crippen LogP contribution in [0.3, 0.4) is 0 Å². The fourth-order valence-corrected chi connectivity index (χ4v) is 1.82. The van der Waals surface area contributed by atoms with Crippen LogP contribution in [-0.4, -0.2) is 38.4 Å². The number of ether oxygens (including phenoxy) is 4. The predicted octanol–water partition coefficient (Wildman–Crippen LogP) is 3.51. The van der Waals surface area contributed by atoms with Gasteiger partial charge in [0.25, 0.3) is 0 Å². The highest BCUT2D eigenvalue weighted by Gasteiger charge is 2.08. The Bertz CT molecular complexity index is 319. The largest absolute Gasteiger partial charge is 0.502 e. The quantitative estimate of drug-likeness (QED) is 0.229. The number of unbranched alkanes of at least 4 members (excludes halogenated alkanes) is 4. The van der Waals surface area contributed by atoms with Crippen molar-refractivity contribution in [3.8, 4) is 0 Å². The molecule has 0 rings (SSSR count). The summed E-state index contributed by atoms with van der Waals surface area (Å²) in [5.74, 6) is -0.730. The molecule has 0 aromatic rings. The highest BCUT2D eigenvalue weighted by molar-refractivity contribution is 5.77. The van der Waals surface area contributed by atoms with Gasteiger partial charge in [0.05, 0.1) is 51.8 Å². The second kappa shape index (κ2) is 17.4. The molecule has 0 aliphatic rings. The molecule has 24 heavy (non-hydrogen) atoms. The van der Waals surface area contributed by atoms with Crippen LogP contribution >= 0.6 is 0 Å². The van der Waals surface area contributed by atoms with Gasteiger partial charge >= 0.3 is 11.9 Å². The molecule has 0 saturated heterocycles. The van der Waals surface area contributed by atoms with Crippen molar-refractivity contribution in [1.29, 1.82) is 0 Å². The van der Waals surface area contributed by atoms with Gasteiger partial charge in [-0.3, -0.25) is 9.59 Å². The SMILES string of the molecule is C=COCCCCCOC(=O)CCC(=O)OCCCCCOC=C. The molecule has 0 amide bonds. The summed E-state index contributed by atoms with van der Waals surface area (Å²) in [6, 6.07) is 0. The normalized spacial score (nSPS) is 9.83. The molecule has 0 aromatic heterocycles. The molecular formula is C18H30O6. The molecule has 0 heterocycles. The lowest BCUT2D eigenvalue weighted by Crippen LogP contribution is -2.11. The minimum atomic E-state index is -0.365. The zero-order valence-electron chi connectivity index (χ0n) is 14.5. The average Bonchev–Trinajstić information content (AvgIpc) is 2.58. The maximum absolute atomic E-state index is 11.5. The molecule has 0 N–H and O–H groups in total. The van der Waals surface area contributed by atoms with Crippen LogP contribution < -0.4 is 0 Å². The Morgan fingerprint density at radius 2 is 1.00 bits per heavy atom. The Balaban J connectivity index is 3.37. The summed E-state index contributed by atoms with van der Waals surface area (Å²) in [5.41, 5.74) is 0. The second-order valence-corrected chi connectivity index (χ2v) is 5.14. The minimum Gasteiger partial charge on any atom is -0.502 e. The Kier molecular flexibility index (Phi) is 15.9. The number of carbonyl (C=O) groups is 2. The molecule has 138 valence electrons. The van der Waals surface area contributed by atoms with Gasteiger partial charge in [-0.05, 0) is 38.5 Å². The van der Waals surface area contributed by atoms with Gasteiger partial charge in [0.15, 0.2) is 0 Å². The lowest BCUT2D eigenvalue weighted by molar-refractivity contribution is -0.150. The smallest absolute Gasteiger partial charge is 0.306 e. The number of hydrogen-bond donors (Lipinski definition) is 0. The van der Waals surface area contributed by atoms with Crippen molar-refractivity contribution in [2.24, 2.45) is 0 Å². The van der Waals surface area contributed by atoms with Crippen LogP contribution in [0.2, 0.25) is 0 Å². The summed E-state index contributed by atoms with van der Waals surface area (Å²) in [5, 5.41) is 0. The predicted molar refractivity (Wildman–Crippen MR) is 91.2 cm³/mol. The molecule has 0 aromatic carbocycles. The summed E-state index contributed by atoms with van der Waals surface area (Å²) in [6.45, 7) is 8.91. The fraction of sp³-hybridized carbons (Fsp3) is 0.667. The van der Waals surface area contributed by atoms with E-state index in [0.29, 0.717) is 26.4 Å². The van der Waals surface area contributed by atoms with Crippen LogP contribution in [0.4, 0.5) is 0 Å². The lowest BCUT2D eigenvalue weighted by Gasteiger charge is -2.06. The van der Waals surface area contributed by atoms with Crippen molar-refractivity contribution in [2.45, 2.75) is 51.4 Å². The van der Waals surface area contributed by atoms with Gasteiger partial charge in [-0.25, -0.2) is 0 Å². The molecule has 0 fully saturated rings. The van der Waals surface area contributed by atoms with Crippen molar-refractivity contribution >= 4 is 11.9 Å². The first-order valence-electron chi connectivity index (χ1n) is 8.47. The van der Waals surface area contributed by atoms with Gasteiger partial charge in [-0.15, -0.1) is 0 Å². The van der Waals surface area contributed by atoms with E-state index >= 15 is 0 Å². The van der Waals surface area contributed by atoms with Gasteiger partial charge in [-0.1, -0.05) is 13.2 Å². The highest BCUT2D eigenvalue weighted by atomic mass is 16.5. The molecule has 0 spiro atoms. The number of esters is 2. The summed E-state index contributed by atoms with van der Waals surface area (Å²) in [7, 11) is 0. The average molecular weight is 342 g/mol. The zero-order chi connectivity index (χ0) is 17.9. The first-order chi connectivity index (χ1) is 11.7. The van der Waals surface area contributed by atoms with Crippen molar-refractivity contribution in [3.63, 3.8) is 0 Å². The molecule has 0 saturated carbocycles. The zero-order valence-corrected chi connectivity index (χ0v) is 14.5. The van der Waals surface area contributed by atoms with Crippen molar-refractivity contribution in [1.82, 2.24) is 0 Å². The molecule has 0 aliphatic carbocycles. The van der Waals surface area contributed by atoms with E-state index in [4.69, 9.17) is 18.9 Å². The molecule has 0 atom stereocenters. The standard InChI is InChI=1S/C18H30O6/c1-3-21-13-7-5-9-15-23-17(19)11-12-18(20)24-16-10-6-8-14-22-4-2/h3-4H,1-2,5-16H2. The Hall–Kier alpha value is -1.98. The molecule has 6 heteroatoms. The summed E-state index contributed by atoms with van der Waals surface area (Å²) < 4.78 is 20.1. The Morgan fingerprint density at radius 3 is 1.38 bits per heavy atom. The molecule has 0 unspecified atom stereocenters. The summed E-state index contributed by atoms with van der Waals surface area (Å²) in [4.78, 5) is 22.9. The number of hydrogen-bond acceptors (Lipinski definition) is 6. The van der Waals surface area contributed by atoms with E-state index in [1.165, 1.54) is 12.5 Å². The third-order valence-corrected chi connectivity index (χ3v) is 3.11. The third-order valence-electron chi connectivity index (χ3n) is 3.11. The van der Waals surface area contributed by atoms with Crippen LogP contribution in [0.5, 0.6) is 0 Å². The number of rotatable bonds is 17. The van der Waals surface area contributed by atoms with Crippen LogP contribution in [0.25, 0.3) is 0 Å².